The van der Waals surface area contributed by atoms with Crippen LogP contribution >= 0.6 is 11.6 Å². The van der Waals surface area contributed by atoms with Gasteiger partial charge in [0.1, 0.15) is 5.75 Å². The minimum absolute atomic E-state index is 0.213. The van der Waals surface area contributed by atoms with Crippen LogP contribution in [0.2, 0.25) is 5.02 Å². The average molecular weight is 229 g/mol. The number of methoxy groups -OCH3 is 1. The number of aryl methyl sites for hydroxylation is 2. The number of aliphatic hydroxyl groups is 1. The van der Waals surface area contributed by atoms with Crippen molar-refractivity contribution in [3.8, 4) is 5.75 Å². The number of benzene rings is 1. The van der Waals surface area contributed by atoms with E-state index in [1.165, 1.54) is 0 Å². The number of hydrogen-bond donors (Lipinski definition) is 1. The van der Waals surface area contributed by atoms with Gasteiger partial charge >= 0.3 is 0 Å². The van der Waals surface area contributed by atoms with Crippen LogP contribution in [0.25, 0.3) is 0 Å². The van der Waals surface area contributed by atoms with Crippen molar-refractivity contribution >= 4 is 11.6 Å². The molecule has 0 amide bonds. The van der Waals surface area contributed by atoms with E-state index >= 15 is 0 Å². The first-order valence-corrected chi connectivity index (χ1v) is 5.56. The molecule has 0 aliphatic rings. The van der Waals surface area contributed by atoms with Gasteiger partial charge in [0.2, 0.25) is 0 Å². The van der Waals surface area contributed by atoms with Crippen molar-refractivity contribution < 1.29 is 9.84 Å². The smallest absolute Gasteiger partial charge is 0.140 e. The summed E-state index contributed by atoms with van der Waals surface area (Å²) in [7, 11) is 1.63. The summed E-state index contributed by atoms with van der Waals surface area (Å²) in [5.41, 5.74) is 2.28. The molecule has 0 radical (unpaired) electrons. The van der Waals surface area contributed by atoms with Gasteiger partial charge in [-0.3, -0.25) is 0 Å². The Morgan fingerprint density at radius 2 is 2.13 bits per heavy atom. The predicted molar refractivity (Wildman–Crippen MR) is 62.8 cm³/mol. The Morgan fingerprint density at radius 3 is 2.67 bits per heavy atom. The van der Waals surface area contributed by atoms with Gasteiger partial charge in [-0.2, -0.15) is 0 Å². The molecule has 84 valence electrons. The molecule has 0 saturated heterocycles. The molecule has 0 unspecified atom stereocenters. The Balaban J connectivity index is 2.97. The summed E-state index contributed by atoms with van der Waals surface area (Å²) in [5.74, 6) is 0.770. The number of aliphatic hydroxyl groups excluding tert-OH is 1. The fourth-order valence-corrected chi connectivity index (χ4v) is 1.97. The molecule has 0 spiro atoms. The lowest BCUT2D eigenvalue weighted by Gasteiger charge is -2.11. The Labute approximate surface area is 95.8 Å². The van der Waals surface area contributed by atoms with Gasteiger partial charge in [-0.05, 0) is 36.5 Å². The second-order valence-electron chi connectivity index (χ2n) is 3.45. The highest BCUT2D eigenvalue weighted by Gasteiger charge is 2.08. The molecule has 0 heterocycles. The largest absolute Gasteiger partial charge is 0.495 e. The molecular weight excluding hydrogens is 212 g/mol. The van der Waals surface area contributed by atoms with E-state index in [2.05, 4.69) is 13.0 Å². The molecule has 0 bridgehead atoms. The van der Waals surface area contributed by atoms with Gasteiger partial charge in [0.05, 0.1) is 12.1 Å². The summed E-state index contributed by atoms with van der Waals surface area (Å²) < 4.78 is 5.25. The van der Waals surface area contributed by atoms with E-state index in [4.69, 9.17) is 21.4 Å². The van der Waals surface area contributed by atoms with E-state index in [1.54, 1.807) is 7.11 Å². The van der Waals surface area contributed by atoms with Crippen molar-refractivity contribution in [2.45, 2.75) is 26.2 Å². The molecule has 1 rings (SSSR count). The minimum atomic E-state index is 0.213. The molecular formula is C12H17ClO2. The predicted octanol–water partition coefficient (Wildman–Crippen LogP) is 2.84. The Morgan fingerprint density at radius 1 is 1.40 bits per heavy atom. The van der Waals surface area contributed by atoms with Gasteiger partial charge in [-0.1, -0.05) is 24.6 Å². The SMILES string of the molecule is CCc1cc(CCCO)cc(Cl)c1OC. The first kappa shape index (κ1) is 12.3. The zero-order chi connectivity index (χ0) is 11.3. The number of hydrogen-bond acceptors (Lipinski definition) is 2. The van der Waals surface area contributed by atoms with Gasteiger partial charge in [-0.15, -0.1) is 0 Å². The second-order valence-corrected chi connectivity index (χ2v) is 3.86. The second kappa shape index (κ2) is 5.99. The Hall–Kier alpha value is -0.730. The van der Waals surface area contributed by atoms with Gasteiger partial charge in [-0.25, -0.2) is 0 Å². The highest BCUT2D eigenvalue weighted by atomic mass is 35.5. The van der Waals surface area contributed by atoms with Crippen LogP contribution in [0.5, 0.6) is 5.75 Å². The van der Waals surface area contributed by atoms with Crippen LogP contribution < -0.4 is 4.74 Å². The summed E-state index contributed by atoms with van der Waals surface area (Å²) in [5, 5.41) is 9.42. The number of rotatable bonds is 5. The quantitative estimate of drug-likeness (QED) is 0.840. The summed E-state index contributed by atoms with van der Waals surface area (Å²) in [6, 6.07) is 4.01. The maximum Gasteiger partial charge on any atom is 0.140 e. The van der Waals surface area contributed by atoms with E-state index in [-0.39, 0.29) is 6.61 Å². The molecule has 1 aromatic rings. The highest BCUT2D eigenvalue weighted by molar-refractivity contribution is 6.32. The maximum absolute atomic E-state index is 8.77. The number of halogens is 1. The molecule has 0 aliphatic heterocycles. The lowest BCUT2D eigenvalue weighted by Crippen LogP contribution is -1.96. The van der Waals surface area contributed by atoms with Crippen molar-refractivity contribution in [1.29, 1.82) is 0 Å². The molecule has 15 heavy (non-hydrogen) atoms. The van der Waals surface area contributed by atoms with E-state index in [0.29, 0.717) is 5.02 Å². The van der Waals surface area contributed by atoms with Crippen LogP contribution in [0.15, 0.2) is 12.1 Å². The standard InChI is InChI=1S/C12H17ClO2/c1-3-10-7-9(5-4-6-14)8-11(13)12(10)15-2/h7-8,14H,3-6H2,1-2H3. The first-order valence-electron chi connectivity index (χ1n) is 5.19. The summed E-state index contributed by atoms with van der Waals surface area (Å²) >= 11 is 6.10. The number of ether oxygens (including phenoxy) is 1. The van der Waals surface area contributed by atoms with Crippen molar-refractivity contribution in [3.05, 3.63) is 28.3 Å². The molecule has 1 N–H and O–H groups in total. The molecule has 0 fully saturated rings. The van der Waals surface area contributed by atoms with Gasteiger partial charge in [0.15, 0.2) is 0 Å². The normalized spacial score (nSPS) is 10.4. The third-order valence-corrected chi connectivity index (χ3v) is 2.67. The first-order chi connectivity index (χ1) is 7.22. The maximum atomic E-state index is 8.77. The van der Waals surface area contributed by atoms with Crippen LogP contribution in [0, 0.1) is 0 Å². The van der Waals surface area contributed by atoms with Crippen LogP contribution in [0.1, 0.15) is 24.5 Å². The monoisotopic (exact) mass is 228 g/mol. The van der Waals surface area contributed by atoms with E-state index < -0.39 is 0 Å². The molecule has 1 aromatic carbocycles. The summed E-state index contributed by atoms with van der Waals surface area (Å²) in [4.78, 5) is 0. The molecule has 0 aliphatic carbocycles. The fourth-order valence-electron chi connectivity index (χ4n) is 1.63. The molecule has 0 atom stereocenters. The molecule has 0 aromatic heterocycles. The third kappa shape index (κ3) is 3.11. The van der Waals surface area contributed by atoms with Crippen LogP contribution in [0.3, 0.4) is 0 Å². The van der Waals surface area contributed by atoms with Crippen molar-refractivity contribution in [2.24, 2.45) is 0 Å². The fraction of sp³-hybridized carbons (Fsp3) is 0.500. The lowest BCUT2D eigenvalue weighted by atomic mass is 10.0. The van der Waals surface area contributed by atoms with Gasteiger partial charge in [0.25, 0.3) is 0 Å². The van der Waals surface area contributed by atoms with E-state index in [1.807, 2.05) is 6.07 Å². The average Bonchev–Trinajstić information content (AvgIpc) is 2.25. The summed E-state index contributed by atoms with van der Waals surface area (Å²) in [6.45, 7) is 2.29. The van der Waals surface area contributed by atoms with Gasteiger partial charge < -0.3 is 9.84 Å². The lowest BCUT2D eigenvalue weighted by molar-refractivity contribution is 0.288. The van der Waals surface area contributed by atoms with Crippen molar-refractivity contribution in [1.82, 2.24) is 0 Å². The van der Waals surface area contributed by atoms with Crippen LogP contribution in [-0.4, -0.2) is 18.8 Å². The van der Waals surface area contributed by atoms with Crippen molar-refractivity contribution in [2.75, 3.05) is 13.7 Å². The van der Waals surface area contributed by atoms with Crippen LogP contribution in [0.4, 0.5) is 0 Å². The highest BCUT2D eigenvalue weighted by Crippen LogP contribution is 2.30. The molecule has 3 heteroatoms. The molecule has 2 nitrogen and oxygen atoms in total. The van der Waals surface area contributed by atoms with Crippen LogP contribution in [-0.2, 0) is 12.8 Å². The summed E-state index contributed by atoms with van der Waals surface area (Å²) in [6.07, 6.45) is 2.52. The zero-order valence-electron chi connectivity index (χ0n) is 9.22. The van der Waals surface area contributed by atoms with E-state index in [9.17, 15) is 0 Å². The third-order valence-electron chi connectivity index (χ3n) is 2.39. The topological polar surface area (TPSA) is 29.5 Å². The van der Waals surface area contributed by atoms with E-state index in [0.717, 1.165) is 36.1 Å². The Bertz CT molecular complexity index is 324. The van der Waals surface area contributed by atoms with Gasteiger partial charge in [0, 0.05) is 6.61 Å². The minimum Gasteiger partial charge on any atom is -0.495 e. The molecule has 0 saturated carbocycles. The van der Waals surface area contributed by atoms with Crippen molar-refractivity contribution in [3.63, 3.8) is 0 Å². The zero-order valence-corrected chi connectivity index (χ0v) is 9.97. The Kier molecular flexibility index (Phi) is 4.92.